The third-order valence-electron chi connectivity index (χ3n) is 2.09. The molecular weight excluding hydrogens is 206 g/mol. The molecule has 15 heavy (non-hydrogen) atoms. The molecule has 0 amide bonds. The van der Waals surface area contributed by atoms with Gasteiger partial charge in [0.15, 0.2) is 0 Å². The molecule has 0 aliphatic carbocycles. The molecule has 2 aromatic rings. The van der Waals surface area contributed by atoms with Crippen LogP contribution in [0.3, 0.4) is 0 Å². The van der Waals surface area contributed by atoms with Gasteiger partial charge in [-0.2, -0.15) is 0 Å². The first-order valence-electron chi connectivity index (χ1n) is 4.83. The second kappa shape index (κ2) is 4.84. The normalized spacial score (nSPS) is 10.1. The van der Waals surface area contributed by atoms with Crippen LogP contribution >= 0.6 is 11.3 Å². The molecule has 0 unspecified atom stereocenters. The van der Waals surface area contributed by atoms with Gasteiger partial charge in [0.25, 0.3) is 0 Å². The maximum absolute atomic E-state index is 10.2. The molecule has 0 radical (unpaired) electrons. The molecule has 0 saturated carbocycles. The summed E-state index contributed by atoms with van der Waals surface area (Å²) in [7, 11) is 0. The van der Waals surface area contributed by atoms with Gasteiger partial charge in [-0.25, -0.2) is 4.98 Å². The van der Waals surface area contributed by atoms with Gasteiger partial charge in [-0.1, -0.05) is 30.3 Å². The van der Waals surface area contributed by atoms with E-state index in [4.69, 9.17) is 0 Å². The van der Waals surface area contributed by atoms with Gasteiger partial charge in [-0.3, -0.25) is 0 Å². The Bertz CT molecular complexity index is 436. The number of benzene rings is 1. The predicted molar refractivity (Wildman–Crippen MR) is 61.9 cm³/mol. The molecule has 2 rings (SSSR count). The first-order valence-corrected chi connectivity index (χ1v) is 5.71. The first-order chi connectivity index (χ1) is 7.40. The van der Waals surface area contributed by atoms with Crippen molar-refractivity contribution in [3.05, 3.63) is 41.4 Å². The van der Waals surface area contributed by atoms with Crippen molar-refractivity contribution in [3.8, 4) is 10.6 Å². The van der Waals surface area contributed by atoms with Gasteiger partial charge in [-0.05, 0) is 6.42 Å². The summed E-state index contributed by atoms with van der Waals surface area (Å²) < 4.78 is 0. The standard InChI is InChI=1S/C12H11NOS/c14-8-4-7-11-9-15-12(13-11)10-5-2-1-3-6-10/h1-3,5-6,8-9H,4,7H2. The molecule has 0 spiro atoms. The highest BCUT2D eigenvalue weighted by Gasteiger charge is 2.03. The van der Waals surface area contributed by atoms with Crippen molar-refractivity contribution in [2.24, 2.45) is 0 Å². The van der Waals surface area contributed by atoms with Gasteiger partial charge in [-0.15, -0.1) is 11.3 Å². The summed E-state index contributed by atoms with van der Waals surface area (Å²) in [5.74, 6) is 0. The number of aryl methyl sites for hydroxylation is 1. The number of rotatable bonds is 4. The lowest BCUT2D eigenvalue weighted by molar-refractivity contribution is -0.107. The Hall–Kier alpha value is -1.48. The van der Waals surface area contributed by atoms with Crippen molar-refractivity contribution in [3.63, 3.8) is 0 Å². The molecule has 0 N–H and O–H groups in total. The summed E-state index contributed by atoms with van der Waals surface area (Å²) >= 11 is 1.63. The van der Waals surface area contributed by atoms with E-state index in [1.807, 2.05) is 35.7 Å². The summed E-state index contributed by atoms with van der Waals surface area (Å²) in [6, 6.07) is 10.1. The Kier molecular flexibility index (Phi) is 3.25. The lowest BCUT2D eigenvalue weighted by atomic mass is 10.2. The van der Waals surface area contributed by atoms with Gasteiger partial charge < -0.3 is 4.79 Å². The molecule has 1 aromatic heterocycles. The first kappa shape index (κ1) is 10.1. The Morgan fingerprint density at radius 1 is 1.27 bits per heavy atom. The zero-order valence-corrected chi connectivity index (χ0v) is 9.04. The van der Waals surface area contributed by atoms with E-state index in [0.717, 1.165) is 29.0 Å². The van der Waals surface area contributed by atoms with Crippen molar-refractivity contribution in [2.45, 2.75) is 12.8 Å². The number of nitrogens with zero attached hydrogens (tertiary/aromatic N) is 1. The fourth-order valence-corrected chi connectivity index (χ4v) is 2.20. The van der Waals surface area contributed by atoms with Crippen LogP contribution < -0.4 is 0 Å². The molecule has 2 nitrogen and oxygen atoms in total. The zero-order chi connectivity index (χ0) is 10.5. The smallest absolute Gasteiger partial charge is 0.123 e. The zero-order valence-electron chi connectivity index (χ0n) is 8.22. The lowest BCUT2D eigenvalue weighted by Gasteiger charge is -1.93. The lowest BCUT2D eigenvalue weighted by Crippen LogP contribution is -1.86. The van der Waals surface area contributed by atoms with E-state index >= 15 is 0 Å². The van der Waals surface area contributed by atoms with E-state index in [1.54, 1.807) is 11.3 Å². The molecule has 0 bridgehead atoms. The summed E-state index contributed by atoms with van der Waals surface area (Å²) in [6.45, 7) is 0. The van der Waals surface area contributed by atoms with E-state index in [2.05, 4.69) is 4.98 Å². The van der Waals surface area contributed by atoms with Gasteiger partial charge in [0.05, 0.1) is 5.69 Å². The Balaban J connectivity index is 2.17. The Morgan fingerprint density at radius 3 is 2.80 bits per heavy atom. The molecular formula is C12H11NOS. The van der Waals surface area contributed by atoms with Crippen LogP contribution in [-0.2, 0) is 11.2 Å². The number of hydrogen-bond donors (Lipinski definition) is 0. The van der Waals surface area contributed by atoms with E-state index in [1.165, 1.54) is 0 Å². The predicted octanol–water partition coefficient (Wildman–Crippen LogP) is 2.94. The van der Waals surface area contributed by atoms with E-state index in [9.17, 15) is 4.79 Å². The number of thiazole rings is 1. The Labute approximate surface area is 92.6 Å². The third-order valence-corrected chi connectivity index (χ3v) is 3.03. The minimum atomic E-state index is 0.554. The van der Waals surface area contributed by atoms with Crippen molar-refractivity contribution < 1.29 is 4.79 Å². The van der Waals surface area contributed by atoms with Crippen LogP contribution in [-0.4, -0.2) is 11.3 Å². The molecule has 76 valence electrons. The number of carbonyl (C=O) groups excluding carboxylic acids is 1. The minimum Gasteiger partial charge on any atom is -0.303 e. The molecule has 1 aromatic carbocycles. The SMILES string of the molecule is O=CCCc1csc(-c2ccccc2)n1. The summed E-state index contributed by atoms with van der Waals surface area (Å²) in [4.78, 5) is 14.7. The van der Waals surface area contributed by atoms with Crippen molar-refractivity contribution in [1.82, 2.24) is 4.98 Å². The third kappa shape index (κ3) is 2.50. The monoisotopic (exact) mass is 217 g/mol. The van der Waals surface area contributed by atoms with Crippen LogP contribution in [0.4, 0.5) is 0 Å². The number of carbonyl (C=O) groups is 1. The van der Waals surface area contributed by atoms with Gasteiger partial charge in [0, 0.05) is 17.4 Å². The summed E-state index contributed by atoms with van der Waals surface area (Å²) in [5.41, 5.74) is 2.14. The highest BCUT2D eigenvalue weighted by atomic mass is 32.1. The van der Waals surface area contributed by atoms with Gasteiger partial charge in [0.1, 0.15) is 11.3 Å². The van der Waals surface area contributed by atoms with Crippen LogP contribution in [0.1, 0.15) is 12.1 Å². The molecule has 0 atom stereocenters. The quantitative estimate of drug-likeness (QED) is 0.737. The summed E-state index contributed by atoms with van der Waals surface area (Å²) in [6.07, 6.45) is 2.23. The summed E-state index contributed by atoms with van der Waals surface area (Å²) in [5, 5.41) is 3.04. The molecule has 0 aliphatic heterocycles. The number of aldehydes is 1. The van der Waals surface area contributed by atoms with Crippen LogP contribution in [0.15, 0.2) is 35.7 Å². The maximum atomic E-state index is 10.2. The Morgan fingerprint density at radius 2 is 2.07 bits per heavy atom. The maximum Gasteiger partial charge on any atom is 0.123 e. The van der Waals surface area contributed by atoms with Crippen LogP contribution in [0, 0.1) is 0 Å². The fourth-order valence-electron chi connectivity index (χ4n) is 1.34. The molecule has 0 aliphatic rings. The fraction of sp³-hybridized carbons (Fsp3) is 0.167. The highest BCUT2D eigenvalue weighted by molar-refractivity contribution is 7.13. The van der Waals surface area contributed by atoms with Crippen molar-refractivity contribution in [2.75, 3.05) is 0 Å². The second-order valence-electron chi connectivity index (χ2n) is 3.22. The molecule has 1 heterocycles. The van der Waals surface area contributed by atoms with Crippen LogP contribution in [0.5, 0.6) is 0 Å². The van der Waals surface area contributed by atoms with Gasteiger partial charge >= 0.3 is 0 Å². The van der Waals surface area contributed by atoms with Crippen molar-refractivity contribution in [1.29, 1.82) is 0 Å². The van der Waals surface area contributed by atoms with E-state index in [0.29, 0.717) is 6.42 Å². The topological polar surface area (TPSA) is 30.0 Å². The average Bonchev–Trinajstić information content (AvgIpc) is 2.76. The molecule has 0 saturated heterocycles. The van der Waals surface area contributed by atoms with Gasteiger partial charge in [0.2, 0.25) is 0 Å². The molecule has 0 fully saturated rings. The number of aromatic nitrogens is 1. The minimum absolute atomic E-state index is 0.554. The van der Waals surface area contributed by atoms with Crippen LogP contribution in [0.25, 0.3) is 10.6 Å². The molecule has 3 heteroatoms. The average molecular weight is 217 g/mol. The van der Waals surface area contributed by atoms with E-state index < -0.39 is 0 Å². The highest BCUT2D eigenvalue weighted by Crippen LogP contribution is 2.23. The number of hydrogen-bond acceptors (Lipinski definition) is 3. The van der Waals surface area contributed by atoms with Crippen LogP contribution in [0.2, 0.25) is 0 Å². The second-order valence-corrected chi connectivity index (χ2v) is 4.07. The largest absolute Gasteiger partial charge is 0.303 e. The van der Waals surface area contributed by atoms with E-state index in [-0.39, 0.29) is 0 Å². The van der Waals surface area contributed by atoms with Crippen molar-refractivity contribution >= 4 is 17.6 Å².